The van der Waals surface area contributed by atoms with E-state index in [0.717, 1.165) is 128 Å². The van der Waals surface area contributed by atoms with E-state index in [0.29, 0.717) is 6.42 Å². The Balaban J connectivity index is 3.96. The van der Waals surface area contributed by atoms with E-state index in [1.807, 2.05) is 0 Å². The molecule has 0 aromatic rings. The number of nitrogens with two attached hydrogens (primary N) is 1. The van der Waals surface area contributed by atoms with Crippen LogP contribution in [0.5, 0.6) is 0 Å². The van der Waals surface area contributed by atoms with Gasteiger partial charge in [-0.2, -0.15) is 0 Å². The van der Waals surface area contributed by atoms with Crippen LogP contribution < -0.4 is 5.73 Å². The minimum atomic E-state index is -4.41. The molecule has 0 saturated carbocycles. The van der Waals surface area contributed by atoms with E-state index in [4.69, 9.17) is 24.3 Å². The number of esters is 2. The number of hydrogen-bond donors (Lipinski definition) is 2. The van der Waals surface area contributed by atoms with E-state index in [-0.39, 0.29) is 38.6 Å². The molecule has 0 fully saturated rings. The van der Waals surface area contributed by atoms with Crippen LogP contribution in [0, 0.1) is 0 Å². The molecule has 0 aromatic carbocycles. The van der Waals surface area contributed by atoms with Gasteiger partial charge in [0, 0.05) is 19.4 Å². The lowest BCUT2D eigenvalue weighted by atomic mass is 10.0. The molecule has 0 radical (unpaired) electrons. The van der Waals surface area contributed by atoms with Crippen LogP contribution in [0.4, 0.5) is 0 Å². The minimum Gasteiger partial charge on any atom is -0.462 e. The van der Waals surface area contributed by atoms with Gasteiger partial charge in [-0.15, -0.1) is 0 Å². The summed E-state index contributed by atoms with van der Waals surface area (Å²) in [7, 11) is -4.41. The zero-order chi connectivity index (χ0) is 68.6. The fourth-order valence-corrected chi connectivity index (χ4v) is 11.2. The second-order valence-electron chi connectivity index (χ2n) is 25.1. The van der Waals surface area contributed by atoms with Gasteiger partial charge in [0.25, 0.3) is 0 Å². The summed E-state index contributed by atoms with van der Waals surface area (Å²) < 4.78 is 33.2. The summed E-state index contributed by atoms with van der Waals surface area (Å²) in [5, 5.41) is 0. The number of rotatable bonds is 71. The van der Waals surface area contributed by atoms with Gasteiger partial charge in [0.15, 0.2) is 6.10 Å². The molecule has 9 nitrogen and oxygen atoms in total. The monoisotopic (exact) mass is 1340 g/mol. The third kappa shape index (κ3) is 78.3. The largest absolute Gasteiger partial charge is 0.472 e. The number of allylic oxidation sites excluding steroid dienone is 28. The van der Waals surface area contributed by atoms with Crippen molar-refractivity contribution in [3.8, 4) is 0 Å². The van der Waals surface area contributed by atoms with Crippen LogP contribution in [0.25, 0.3) is 0 Å². The van der Waals surface area contributed by atoms with Crippen LogP contribution in [0.15, 0.2) is 170 Å². The topological polar surface area (TPSA) is 134 Å². The lowest BCUT2D eigenvalue weighted by Crippen LogP contribution is -2.29. The number of carbonyl (C=O) groups excluding carboxylic acids is 2. The Morgan fingerprint density at radius 2 is 0.579 bits per heavy atom. The first-order chi connectivity index (χ1) is 46.8. The summed E-state index contributed by atoms with van der Waals surface area (Å²) in [5.41, 5.74) is 5.41. The zero-order valence-electron chi connectivity index (χ0n) is 60.8. The summed E-state index contributed by atoms with van der Waals surface area (Å²) in [6.07, 6.45) is 116. The van der Waals surface area contributed by atoms with Crippen molar-refractivity contribution in [2.45, 2.75) is 328 Å². The highest BCUT2D eigenvalue weighted by molar-refractivity contribution is 7.47. The highest BCUT2D eigenvalue weighted by Gasteiger charge is 2.26. The quantitative estimate of drug-likeness (QED) is 0.0264. The van der Waals surface area contributed by atoms with Crippen molar-refractivity contribution in [3.05, 3.63) is 170 Å². The normalized spacial score (nSPS) is 13.9. The smallest absolute Gasteiger partial charge is 0.462 e. The number of hydrogen-bond acceptors (Lipinski definition) is 8. The molecule has 540 valence electrons. The highest BCUT2D eigenvalue weighted by Crippen LogP contribution is 2.43. The molecule has 3 N–H and O–H groups in total. The second-order valence-corrected chi connectivity index (χ2v) is 26.6. The fraction of sp³-hybridized carbons (Fsp3) is 0.647. The van der Waals surface area contributed by atoms with Crippen molar-refractivity contribution in [3.63, 3.8) is 0 Å². The SMILES string of the molecule is CC/C=C\C/C=C\C/C=C\C/C=C\C/C=C\C/C=C\C/C=C\C/C=C\C/C=C\C/C=C\C/C=C\C/C=C\CCCCCCC(=O)OC(COC(=O)CCCCCCCCCCCCCCCCCCCCCCC/C=C\C/C=C\CCCCCCC)COP(=O)(O)OCCN. The molecule has 0 bridgehead atoms. The van der Waals surface area contributed by atoms with Crippen molar-refractivity contribution in [2.75, 3.05) is 26.4 Å². The van der Waals surface area contributed by atoms with Gasteiger partial charge in [0.05, 0.1) is 13.2 Å². The average molecular weight is 1340 g/mol. The van der Waals surface area contributed by atoms with Crippen LogP contribution in [0.3, 0.4) is 0 Å². The van der Waals surface area contributed by atoms with Gasteiger partial charge in [0.1, 0.15) is 6.61 Å². The first kappa shape index (κ1) is 90.4. The summed E-state index contributed by atoms with van der Waals surface area (Å²) >= 11 is 0. The van der Waals surface area contributed by atoms with Crippen molar-refractivity contribution in [2.24, 2.45) is 5.73 Å². The van der Waals surface area contributed by atoms with Crippen molar-refractivity contribution < 1.29 is 37.6 Å². The number of ether oxygens (including phenoxy) is 2. The maximum absolute atomic E-state index is 12.8. The Morgan fingerprint density at radius 1 is 0.326 bits per heavy atom. The van der Waals surface area contributed by atoms with Crippen LogP contribution in [0.1, 0.15) is 322 Å². The number of unbranched alkanes of at least 4 members (excludes halogenated alkanes) is 30. The van der Waals surface area contributed by atoms with E-state index in [1.165, 1.54) is 161 Å². The van der Waals surface area contributed by atoms with Crippen molar-refractivity contribution >= 4 is 19.8 Å². The second kappa shape index (κ2) is 78.4. The Morgan fingerprint density at radius 3 is 0.863 bits per heavy atom. The molecule has 0 saturated heterocycles. The Labute approximate surface area is 584 Å². The number of carbonyl (C=O) groups is 2. The van der Waals surface area contributed by atoms with Gasteiger partial charge in [-0.25, -0.2) is 4.57 Å². The van der Waals surface area contributed by atoms with E-state index < -0.39 is 26.5 Å². The molecule has 0 spiro atoms. The van der Waals surface area contributed by atoms with Crippen LogP contribution in [0.2, 0.25) is 0 Å². The fourth-order valence-electron chi connectivity index (χ4n) is 10.4. The van der Waals surface area contributed by atoms with E-state index in [2.05, 4.69) is 184 Å². The van der Waals surface area contributed by atoms with Gasteiger partial charge >= 0.3 is 19.8 Å². The predicted octanol–water partition coefficient (Wildman–Crippen LogP) is 26.1. The third-order valence-corrected chi connectivity index (χ3v) is 17.1. The summed E-state index contributed by atoms with van der Waals surface area (Å²) in [6.45, 7) is 3.60. The van der Waals surface area contributed by atoms with Crippen molar-refractivity contribution in [1.82, 2.24) is 0 Å². The van der Waals surface area contributed by atoms with E-state index in [9.17, 15) is 19.0 Å². The van der Waals surface area contributed by atoms with Gasteiger partial charge in [-0.05, 0) is 135 Å². The highest BCUT2D eigenvalue weighted by atomic mass is 31.2. The molecule has 0 aliphatic rings. The molecule has 0 aliphatic heterocycles. The Hall–Kier alpha value is -4.63. The summed E-state index contributed by atoms with van der Waals surface area (Å²) in [6, 6.07) is 0. The molecule has 0 rings (SSSR count). The molecule has 0 aromatic heterocycles. The van der Waals surface area contributed by atoms with Crippen LogP contribution in [-0.2, 0) is 32.7 Å². The Kier molecular flexibility index (Phi) is 74.5. The maximum atomic E-state index is 12.8. The van der Waals surface area contributed by atoms with E-state index >= 15 is 0 Å². The molecule has 0 aliphatic carbocycles. The number of phosphoric ester groups is 1. The third-order valence-electron chi connectivity index (χ3n) is 16.1. The summed E-state index contributed by atoms with van der Waals surface area (Å²) in [4.78, 5) is 35.4. The maximum Gasteiger partial charge on any atom is 0.472 e. The minimum absolute atomic E-state index is 0.0418. The van der Waals surface area contributed by atoms with Crippen LogP contribution >= 0.6 is 7.82 Å². The molecule has 0 amide bonds. The van der Waals surface area contributed by atoms with Gasteiger partial charge in [-0.1, -0.05) is 344 Å². The molecule has 10 heteroatoms. The van der Waals surface area contributed by atoms with Gasteiger partial charge < -0.3 is 20.1 Å². The van der Waals surface area contributed by atoms with Gasteiger partial charge in [0.2, 0.25) is 0 Å². The molecule has 2 unspecified atom stereocenters. The first-order valence-corrected chi connectivity index (χ1v) is 40.1. The zero-order valence-corrected chi connectivity index (χ0v) is 61.7. The van der Waals surface area contributed by atoms with Gasteiger partial charge in [-0.3, -0.25) is 18.6 Å². The Bertz CT molecular complexity index is 2170. The molecule has 2 atom stereocenters. The van der Waals surface area contributed by atoms with Crippen LogP contribution in [-0.4, -0.2) is 49.3 Å². The summed E-state index contributed by atoms with van der Waals surface area (Å²) in [5.74, 6) is -0.857. The lowest BCUT2D eigenvalue weighted by Gasteiger charge is -2.19. The standard InChI is InChI=1S/C85H142NO8P/c1-3-5-7-9-11-13-15-17-19-21-23-25-27-29-31-33-35-37-38-39-40-41-42-43-44-46-48-50-52-54-56-58-60-62-64-66-68-70-72-74-76-78-85(88)94-83(82-93-95(89,90)92-80-79-86)81-91-84(87)77-75-73-71-69-67-65-63-61-59-57-55-53-51-49-47-45-36-34-32-30-28-26-24-22-20-18-16-14-12-10-8-6-4-2/h5,7,11,13,16-19,22-25,29,31,35,37,39-40,42-43,46,48,52,54,58,60,64,66,83H,3-4,6,8-10,12,14-15,20-21,26-28,30,32-34,36,38,41,44-45,47,49-51,53,55-57,59,61-63,65,67-82,86H2,1-2H3,(H,89,90)/b7-5-,13-11-,18-16-,19-17-,24-22-,25-23-,31-29-,37-35-,40-39-,43-42-,48-46-,54-52-,60-58-,66-64-. The number of phosphoric acid groups is 1. The van der Waals surface area contributed by atoms with E-state index in [1.54, 1.807) is 0 Å². The lowest BCUT2D eigenvalue weighted by molar-refractivity contribution is -0.161. The molecular weight excluding hydrogens is 1190 g/mol. The van der Waals surface area contributed by atoms with Crippen molar-refractivity contribution in [1.29, 1.82) is 0 Å². The average Bonchev–Trinajstić information content (AvgIpc) is 2.75. The molecule has 0 heterocycles. The molecule has 95 heavy (non-hydrogen) atoms. The first-order valence-electron chi connectivity index (χ1n) is 38.6. The predicted molar refractivity (Wildman–Crippen MR) is 413 cm³/mol. The molecular formula is C85H142NO8P.